The molecule has 2 aromatic rings. The summed E-state index contributed by atoms with van der Waals surface area (Å²) >= 11 is 0. The van der Waals surface area contributed by atoms with Gasteiger partial charge in [-0.05, 0) is 36.2 Å². The molecule has 1 fully saturated rings. The van der Waals surface area contributed by atoms with Crippen molar-refractivity contribution in [2.45, 2.75) is 25.4 Å². The number of benzene rings is 2. The highest BCUT2D eigenvalue weighted by molar-refractivity contribution is 5.80. The van der Waals surface area contributed by atoms with Gasteiger partial charge >= 0.3 is 0 Å². The van der Waals surface area contributed by atoms with E-state index in [4.69, 9.17) is 14.2 Å². The number of hydrogen-bond donors (Lipinski definition) is 2. The van der Waals surface area contributed by atoms with E-state index in [9.17, 15) is 0 Å². The first kappa shape index (κ1) is 22.7. The number of anilines is 1. The molecule has 0 radical (unpaired) electrons. The van der Waals surface area contributed by atoms with Crippen molar-refractivity contribution in [3.05, 3.63) is 54.1 Å². The Morgan fingerprint density at radius 1 is 1.13 bits per heavy atom. The maximum atomic E-state index is 5.79. The van der Waals surface area contributed by atoms with E-state index < -0.39 is 0 Å². The number of aliphatic imine (C=N–C) groups is 1. The lowest BCUT2D eigenvalue weighted by atomic mass is 10.2. The predicted molar refractivity (Wildman–Crippen MR) is 125 cm³/mol. The van der Waals surface area contributed by atoms with E-state index in [0.717, 1.165) is 54.6 Å². The van der Waals surface area contributed by atoms with Crippen molar-refractivity contribution in [1.29, 1.82) is 0 Å². The normalized spacial score (nSPS) is 16.3. The van der Waals surface area contributed by atoms with Crippen molar-refractivity contribution >= 4 is 11.6 Å². The highest BCUT2D eigenvalue weighted by Crippen LogP contribution is 2.30. The van der Waals surface area contributed by atoms with E-state index in [1.54, 1.807) is 21.3 Å². The summed E-state index contributed by atoms with van der Waals surface area (Å²) in [7, 11) is 5.22. The van der Waals surface area contributed by atoms with Gasteiger partial charge in [0.15, 0.2) is 5.96 Å². The van der Waals surface area contributed by atoms with Gasteiger partial charge in [-0.3, -0.25) is 4.99 Å². The summed E-state index contributed by atoms with van der Waals surface area (Å²) in [5, 5.41) is 6.96. The van der Waals surface area contributed by atoms with Gasteiger partial charge in [-0.1, -0.05) is 24.3 Å². The Bertz CT molecular complexity index is 843. The fourth-order valence-electron chi connectivity index (χ4n) is 3.70. The van der Waals surface area contributed by atoms with Crippen LogP contribution >= 0.6 is 0 Å². The van der Waals surface area contributed by atoms with E-state index >= 15 is 0 Å². The Balaban J connectivity index is 1.48. The fourth-order valence-corrected chi connectivity index (χ4v) is 3.70. The van der Waals surface area contributed by atoms with E-state index in [2.05, 4.69) is 44.8 Å². The Morgan fingerprint density at radius 2 is 2.00 bits per heavy atom. The number of para-hydroxylation sites is 2. The highest BCUT2D eigenvalue weighted by atomic mass is 16.5. The van der Waals surface area contributed by atoms with Crippen LogP contribution in [0.5, 0.6) is 11.5 Å². The molecule has 1 heterocycles. The number of rotatable bonds is 10. The molecule has 0 saturated carbocycles. The summed E-state index contributed by atoms with van der Waals surface area (Å²) in [5.74, 6) is 2.59. The van der Waals surface area contributed by atoms with Gasteiger partial charge in [0.1, 0.15) is 11.5 Å². The molecule has 0 aromatic heterocycles. The van der Waals surface area contributed by atoms with Crippen molar-refractivity contribution in [3.63, 3.8) is 0 Å². The van der Waals surface area contributed by atoms with Gasteiger partial charge in [-0.2, -0.15) is 0 Å². The SMILES string of the molecule is CN=C(NCc1cccc(OCCCOC)c1)NC1CCN(c2ccccc2OC)C1. The summed E-state index contributed by atoms with van der Waals surface area (Å²) in [5.41, 5.74) is 2.29. The molecule has 3 rings (SSSR count). The van der Waals surface area contributed by atoms with Crippen LogP contribution in [-0.4, -0.2) is 59.6 Å². The molecule has 1 aliphatic rings. The Labute approximate surface area is 185 Å². The van der Waals surface area contributed by atoms with Gasteiger partial charge < -0.3 is 29.7 Å². The summed E-state index contributed by atoms with van der Waals surface area (Å²) < 4.78 is 16.4. The maximum absolute atomic E-state index is 5.79. The van der Waals surface area contributed by atoms with Crippen LogP contribution in [0.15, 0.2) is 53.5 Å². The van der Waals surface area contributed by atoms with Crippen molar-refractivity contribution < 1.29 is 14.2 Å². The topological polar surface area (TPSA) is 67.4 Å². The lowest BCUT2D eigenvalue weighted by Crippen LogP contribution is -2.44. The third-order valence-electron chi connectivity index (χ3n) is 5.30. The van der Waals surface area contributed by atoms with Gasteiger partial charge in [0.05, 0.1) is 19.4 Å². The zero-order valence-corrected chi connectivity index (χ0v) is 18.8. The maximum Gasteiger partial charge on any atom is 0.191 e. The Kier molecular flexibility index (Phi) is 8.84. The third kappa shape index (κ3) is 6.79. The van der Waals surface area contributed by atoms with Crippen LogP contribution in [0.2, 0.25) is 0 Å². The number of methoxy groups -OCH3 is 2. The molecule has 1 saturated heterocycles. The van der Waals surface area contributed by atoms with Crippen molar-refractivity contribution in [3.8, 4) is 11.5 Å². The second kappa shape index (κ2) is 12.1. The summed E-state index contributed by atoms with van der Waals surface area (Å²) in [6, 6.07) is 16.6. The van der Waals surface area contributed by atoms with Crippen LogP contribution in [0.3, 0.4) is 0 Å². The molecular formula is C24H34N4O3. The van der Waals surface area contributed by atoms with E-state index in [1.165, 1.54) is 0 Å². The average molecular weight is 427 g/mol. The molecule has 2 aromatic carbocycles. The number of nitrogens with one attached hydrogen (secondary N) is 2. The first-order valence-corrected chi connectivity index (χ1v) is 10.8. The molecule has 1 aliphatic heterocycles. The average Bonchev–Trinajstić information content (AvgIpc) is 3.28. The third-order valence-corrected chi connectivity index (χ3v) is 5.30. The smallest absolute Gasteiger partial charge is 0.191 e. The number of hydrogen-bond acceptors (Lipinski definition) is 5. The molecule has 0 spiro atoms. The Morgan fingerprint density at radius 3 is 2.81 bits per heavy atom. The quantitative estimate of drug-likeness (QED) is 0.346. The van der Waals surface area contributed by atoms with Gasteiger partial charge in [0.2, 0.25) is 0 Å². The second-order valence-electron chi connectivity index (χ2n) is 7.52. The molecule has 2 N–H and O–H groups in total. The molecule has 0 bridgehead atoms. The summed E-state index contributed by atoms with van der Waals surface area (Å²) in [4.78, 5) is 6.75. The van der Waals surface area contributed by atoms with Crippen molar-refractivity contribution in [1.82, 2.24) is 10.6 Å². The molecule has 1 atom stereocenters. The standard InChI is InChI=1S/C24H34N4O3/c1-25-24(26-17-19-8-6-9-21(16-19)31-15-7-14-29-2)27-20-12-13-28(18-20)22-10-4-5-11-23(22)30-3/h4-6,8-11,16,20H,7,12-15,17-18H2,1-3H3,(H2,25,26,27). The summed E-state index contributed by atoms with van der Waals surface area (Å²) in [6.07, 6.45) is 1.92. The Hall–Kier alpha value is -2.93. The van der Waals surface area contributed by atoms with Gasteiger partial charge in [-0.25, -0.2) is 0 Å². The number of guanidine groups is 1. The van der Waals surface area contributed by atoms with Crippen LogP contribution in [-0.2, 0) is 11.3 Å². The molecule has 7 nitrogen and oxygen atoms in total. The van der Waals surface area contributed by atoms with Crippen LogP contribution in [0.1, 0.15) is 18.4 Å². The second-order valence-corrected chi connectivity index (χ2v) is 7.52. The summed E-state index contributed by atoms with van der Waals surface area (Å²) in [6.45, 7) is 3.93. The lowest BCUT2D eigenvalue weighted by Gasteiger charge is -2.22. The molecule has 31 heavy (non-hydrogen) atoms. The molecule has 7 heteroatoms. The minimum atomic E-state index is 0.326. The monoisotopic (exact) mass is 426 g/mol. The van der Waals surface area contributed by atoms with Crippen LogP contribution < -0.4 is 25.0 Å². The van der Waals surface area contributed by atoms with Crippen molar-refractivity contribution in [2.75, 3.05) is 52.5 Å². The number of ether oxygens (including phenoxy) is 3. The molecule has 0 amide bonds. The van der Waals surface area contributed by atoms with Crippen molar-refractivity contribution in [2.24, 2.45) is 4.99 Å². The highest BCUT2D eigenvalue weighted by Gasteiger charge is 2.25. The minimum Gasteiger partial charge on any atom is -0.495 e. The molecular weight excluding hydrogens is 392 g/mol. The first-order chi connectivity index (χ1) is 15.2. The first-order valence-electron chi connectivity index (χ1n) is 10.8. The van der Waals surface area contributed by atoms with E-state index in [-0.39, 0.29) is 0 Å². The lowest BCUT2D eigenvalue weighted by molar-refractivity contribution is 0.172. The van der Waals surface area contributed by atoms with Gasteiger partial charge in [0.25, 0.3) is 0 Å². The van der Waals surface area contributed by atoms with E-state index in [1.807, 2.05) is 24.3 Å². The van der Waals surface area contributed by atoms with Crippen LogP contribution in [0, 0.1) is 0 Å². The number of nitrogens with zero attached hydrogens (tertiary/aromatic N) is 2. The van der Waals surface area contributed by atoms with Crippen LogP contribution in [0.25, 0.3) is 0 Å². The minimum absolute atomic E-state index is 0.326. The molecule has 0 aliphatic carbocycles. The van der Waals surface area contributed by atoms with Gasteiger partial charge in [0, 0.05) is 52.9 Å². The molecule has 168 valence electrons. The van der Waals surface area contributed by atoms with Crippen LogP contribution in [0.4, 0.5) is 5.69 Å². The largest absolute Gasteiger partial charge is 0.495 e. The predicted octanol–water partition coefficient (Wildman–Crippen LogP) is 3.05. The van der Waals surface area contributed by atoms with Gasteiger partial charge in [-0.15, -0.1) is 0 Å². The fraction of sp³-hybridized carbons (Fsp3) is 0.458. The zero-order chi connectivity index (χ0) is 21.9. The zero-order valence-electron chi connectivity index (χ0n) is 18.8. The van der Waals surface area contributed by atoms with E-state index in [0.29, 0.717) is 25.8 Å². The molecule has 1 unspecified atom stereocenters.